The van der Waals surface area contributed by atoms with Crippen LogP contribution in [0.1, 0.15) is 13.3 Å². The molecule has 0 radical (unpaired) electrons. The van der Waals surface area contributed by atoms with Crippen molar-refractivity contribution >= 4 is 12.3 Å². The van der Waals surface area contributed by atoms with Crippen LogP contribution in [-0.4, -0.2) is 22.4 Å². The van der Waals surface area contributed by atoms with Gasteiger partial charge in [0.1, 0.15) is 6.34 Å². The molecule has 6 nitrogen and oxygen atoms in total. The Morgan fingerprint density at radius 2 is 2.44 bits per heavy atom. The van der Waals surface area contributed by atoms with Crippen molar-refractivity contribution in [1.29, 1.82) is 0 Å². The van der Waals surface area contributed by atoms with Crippen LogP contribution in [0.5, 0.6) is 0 Å². The molecule has 0 aromatic carbocycles. The first kappa shape index (κ1) is 12.3. The topological polar surface area (TPSA) is 105 Å². The number of hydrazone groups is 1. The molecule has 0 fully saturated rings. The Bertz CT molecular complexity index is 349. The Kier molecular flexibility index (Phi) is 4.07. The molecule has 0 amide bonds. The second-order valence-corrected chi connectivity index (χ2v) is 3.74. The van der Waals surface area contributed by atoms with Crippen molar-refractivity contribution in [2.75, 3.05) is 0 Å². The monoisotopic (exact) mass is 224 g/mol. The van der Waals surface area contributed by atoms with Crippen molar-refractivity contribution in [3.63, 3.8) is 0 Å². The average Bonchev–Trinajstić information content (AvgIpc) is 2.20. The molecule has 1 aliphatic carbocycles. The van der Waals surface area contributed by atoms with E-state index in [1.165, 1.54) is 11.3 Å². The van der Waals surface area contributed by atoms with E-state index in [9.17, 15) is 4.79 Å². The number of rotatable bonds is 4. The molecule has 0 heterocycles. The number of carboxylic acid groups (broad SMARTS) is 1. The third-order valence-corrected chi connectivity index (χ3v) is 2.52. The maximum absolute atomic E-state index is 10.6. The first-order valence-electron chi connectivity index (χ1n) is 4.93. The quantitative estimate of drug-likeness (QED) is 0.275. The van der Waals surface area contributed by atoms with E-state index in [4.69, 9.17) is 16.8 Å². The first-order chi connectivity index (χ1) is 7.54. The second-order valence-electron chi connectivity index (χ2n) is 3.74. The summed E-state index contributed by atoms with van der Waals surface area (Å²) in [4.78, 5) is 10.6. The van der Waals surface area contributed by atoms with Gasteiger partial charge in [-0.25, -0.2) is 5.84 Å². The molecule has 0 saturated heterocycles. The van der Waals surface area contributed by atoms with Crippen LogP contribution in [0.15, 0.2) is 29.0 Å². The summed E-state index contributed by atoms with van der Waals surface area (Å²) in [5.74, 6) is 9.94. The lowest BCUT2D eigenvalue weighted by Gasteiger charge is -2.24. The molecule has 0 bridgehead atoms. The van der Waals surface area contributed by atoms with Crippen molar-refractivity contribution in [3.05, 3.63) is 23.9 Å². The number of nitrogens with zero attached hydrogens (tertiary/aromatic N) is 2. The van der Waals surface area contributed by atoms with Crippen LogP contribution in [0.4, 0.5) is 0 Å². The van der Waals surface area contributed by atoms with E-state index in [1.54, 1.807) is 6.08 Å². The highest BCUT2D eigenvalue weighted by atomic mass is 16.4. The van der Waals surface area contributed by atoms with Crippen LogP contribution >= 0.6 is 0 Å². The van der Waals surface area contributed by atoms with Gasteiger partial charge in [-0.3, -0.25) is 9.80 Å². The summed E-state index contributed by atoms with van der Waals surface area (Å²) < 4.78 is 0. The fraction of sp³-hybridized carbons (Fsp3) is 0.400. The summed E-state index contributed by atoms with van der Waals surface area (Å²) in [5.41, 5.74) is 0.753. The lowest BCUT2D eigenvalue weighted by Crippen LogP contribution is -2.30. The number of carboxylic acids is 1. The molecule has 16 heavy (non-hydrogen) atoms. The minimum atomic E-state index is -0.800. The SMILES string of the molecule is CC1C=C(N(N)/C=N\N)C=CC1CC(=O)O. The molecule has 88 valence electrons. The van der Waals surface area contributed by atoms with Crippen LogP contribution < -0.4 is 11.7 Å². The molecular formula is C10H16N4O2. The van der Waals surface area contributed by atoms with Crippen LogP contribution in [-0.2, 0) is 4.79 Å². The zero-order chi connectivity index (χ0) is 12.1. The number of carbonyl (C=O) groups is 1. The average molecular weight is 224 g/mol. The molecule has 2 atom stereocenters. The highest BCUT2D eigenvalue weighted by Crippen LogP contribution is 2.25. The first-order valence-corrected chi connectivity index (χ1v) is 4.93. The predicted octanol–water partition coefficient (Wildman–Crippen LogP) is 0.245. The fourth-order valence-electron chi connectivity index (χ4n) is 1.61. The van der Waals surface area contributed by atoms with Gasteiger partial charge in [0.15, 0.2) is 0 Å². The van der Waals surface area contributed by atoms with Crippen molar-refractivity contribution in [1.82, 2.24) is 5.01 Å². The van der Waals surface area contributed by atoms with E-state index in [1.807, 2.05) is 19.1 Å². The van der Waals surface area contributed by atoms with Gasteiger partial charge in [-0.2, -0.15) is 5.10 Å². The zero-order valence-corrected chi connectivity index (χ0v) is 9.08. The number of nitrogens with two attached hydrogens (primary N) is 2. The van der Waals surface area contributed by atoms with E-state index in [-0.39, 0.29) is 18.3 Å². The molecule has 0 saturated carbocycles. The van der Waals surface area contributed by atoms with Gasteiger partial charge in [-0.05, 0) is 17.9 Å². The molecule has 1 aliphatic rings. The molecule has 1 rings (SSSR count). The second kappa shape index (κ2) is 5.32. The standard InChI is InChI=1S/C10H16N4O2/c1-7-4-9(14(12)6-13-11)3-2-8(7)5-10(15)16/h2-4,6-8H,5,11-12H2,1H3,(H,15,16)/b13-6-. The normalized spacial score (nSPS) is 24.5. The maximum atomic E-state index is 10.6. The summed E-state index contributed by atoms with van der Waals surface area (Å²) in [5, 5.41) is 13.3. The van der Waals surface area contributed by atoms with Gasteiger partial charge < -0.3 is 10.9 Å². The Hall–Kier alpha value is -1.82. The lowest BCUT2D eigenvalue weighted by atomic mass is 9.86. The summed E-state index contributed by atoms with van der Waals surface area (Å²) >= 11 is 0. The van der Waals surface area contributed by atoms with E-state index >= 15 is 0 Å². The number of hydrogen-bond donors (Lipinski definition) is 3. The third-order valence-electron chi connectivity index (χ3n) is 2.52. The van der Waals surface area contributed by atoms with Gasteiger partial charge in [0.25, 0.3) is 0 Å². The van der Waals surface area contributed by atoms with Crippen LogP contribution in [0.2, 0.25) is 0 Å². The summed E-state index contributed by atoms with van der Waals surface area (Å²) in [7, 11) is 0. The van der Waals surface area contributed by atoms with Crippen molar-refractivity contribution in [2.24, 2.45) is 28.6 Å². The molecular weight excluding hydrogens is 208 g/mol. The van der Waals surface area contributed by atoms with Crippen molar-refractivity contribution in [3.8, 4) is 0 Å². The highest BCUT2D eigenvalue weighted by Gasteiger charge is 2.20. The van der Waals surface area contributed by atoms with E-state index < -0.39 is 5.97 Å². The Balaban J connectivity index is 2.69. The summed E-state index contributed by atoms with van der Waals surface area (Å²) in [6.45, 7) is 1.95. The third kappa shape index (κ3) is 3.09. The zero-order valence-electron chi connectivity index (χ0n) is 9.08. The van der Waals surface area contributed by atoms with Crippen LogP contribution in [0, 0.1) is 11.8 Å². The molecule has 0 aliphatic heterocycles. The number of aliphatic carboxylic acids is 1. The number of hydrogen-bond acceptors (Lipinski definition) is 4. The molecule has 5 N–H and O–H groups in total. The molecule has 2 unspecified atom stereocenters. The molecule has 6 heteroatoms. The Morgan fingerprint density at radius 3 is 2.94 bits per heavy atom. The van der Waals surface area contributed by atoms with E-state index in [0.717, 1.165) is 5.70 Å². The predicted molar refractivity (Wildman–Crippen MR) is 60.8 cm³/mol. The summed E-state index contributed by atoms with van der Waals surface area (Å²) in [6, 6.07) is 0. The lowest BCUT2D eigenvalue weighted by molar-refractivity contribution is -0.137. The molecule has 0 aromatic rings. The fourth-order valence-corrected chi connectivity index (χ4v) is 1.61. The highest BCUT2D eigenvalue weighted by molar-refractivity contribution is 5.67. The van der Waals surface area contributed by atoms with Gasteiger partial charge >= 0.3 is 5.97 Å². The minimum absolute atomic E-state index is 0.00413. The van der Waals surface area contributed by atoms with E-state index in [0.29, 0.717) is 0 Å². The van der Waals surface area contributed by atoms with Crippen LogP contribution in [0.3, 0.4) is 0 Å². The van der Waals surface area contributed by atoms with Gasteiger partial charge in [-0.15, -0.1) is 0 Å². The van der Waals surface area contributed by atoms with Crippen molar-refractivity contribution < 1.29 is 9.90 Å². The van der Waals surface area contributed by atoms with Gasteiger partial charge in [-0.1, -0.05) is 19.1 Å². The van der Waals surface area contributed by atoms with Crippen LogP contribution in [0.25, 0.3) is 0 Å². The van der Waals surface area contributed by atoms with E-state index in [2.05, 4.69) is 5.10 Å². The van der Waals surface area contributed by atoms with Gasteiger partial charge in [0, 0.05) is 0 Å². The minimum Gasteiger partial charge on any atom is -0.481 e. The maximum Gasteiger partial charge on any atom is 0.303 e. The number of allylic oxidation sites excluding steroid dienone is 3. The smallest absolute Gasteiger partial charge is 0.303 e. The Labute approximate surface area is 93.9 Å². The largest absolute Gasteiger partial charge is 0.481 e. The van der Waals surface area contributed by atoms with Gasteiger partial charge in [0.05, 0.1) is 12.1 Å². The molecule has 0 spiro atoms. The van der Waals surface area contributed by atoms with Gasteiger partial charge in [0.2, 0.25) is 0 Å². The number of hydrazine groups is 1. The summed E-state index contributed by atoms with van der Waals surface area (Å²) in [6.07, 6.45) is 6.93. The molecule has 0 aromatic heterocycles. The van der Waals surface area contributed by atoms with Crippen molar-refractivity contribution in [2.45, 2.75) is 13.3 Å². The Morgan fingerprint density at radius 1 is 1.75 bits per heavy atom.